The number of carboxylic acid groups (broad SMARTS) is 1. The molecule has 3 aromatic carbocycles. The van der Waals surface area contributed by atoms with Gasteiger partial charge in [-0.3, -0.25) is 0 Å². The zero-order valence-electron chi connectivity index (χ0n) is 21.4. The molecular weight excluding hydrogens is 472 g/mol. The molecule has 0 aliphatic carbocycles. The van der Waals surface area contributed by atoms with Crippen molar-refractivity contribution in [2.45, 2.75) is 39.3 Å². The lowest BCUT2D eigenvalue weighted by Crippen LogP contribution is -2.52. The van der Waals surface area contributed by atoms with Crippen LogP contribution in [0.4, 0.5) is 4.79 Å². The van der Waals surface area contributed by atoms with Crippen molar-refractivity contribution in [2.24, 2.45) is 5.92 Å². The number of rotatable bonds is 11. The molecule has 0 radical (unpaired) electrons. The van der Waals surface area contributed by atoms with Crippen LogP contribution in [0.25, 0.3) is 21.9 Å². The summed E-state index contributed by atoms with van der Waals surface area (Å²) in [5.41, 5.74) is 2.92. The molecule has 3 aromatic rings. The van der Waals surface area contributed by atoms with Crippen molar-refractivity contribution in [3.63, 3.8) is 0 Å². The van der Waals surface area contributed by atoms with E-state index in [9.17, 15) is 19.5 Å². The minimum atomic E-state index is -1.73. The highest BCUT2D eigenvalue weighted by Gasteiger charge is 2.28. The van der Waals surface area contributed by atoms with Crippen LogP contribution in [0.2, 0.25) is 0 Å². The molecule has 196 valence electrons. The lowest BCUT2D eigenvalue weighted by atomic mass is 9.98. The first-order chi connectivity index (χ1) is 17.7. The molecule has 0 spiro atoms. The van der Waals surface area contributed by atoms with Gasteiger partial charge in [-0.05, 0) is 46.4 Å². The SMILES string of the molecule is CCOC(=O)[C@H](Cc1ccc(-c2ccc3ccccc3c2)cc1)NC(=O)N(CC(C)C)CC(O)C(=O)O. The second kappa shape index (κ2) is 12.9. The monoisotopic (exact) mass is 506 g/mol. The molecule has 0 aromatic heterocycles. The summed E-state index contributed by atoms with van der Waals surface area (Å²) in [6.07, 6.45) is -1.53. The van der Waals surface area contributed by atoms with E-state index in [1.165, 1.54) is 10.3 Å². The number of aliphatic hydroxyl groups is 1. The van der Waals surface area contributed by atoms with E-state index in [1.54, 1.807) is 6.92 Å². The zero-order valence-corrected chi connectivity index (χ0v) is 21.4. The first-order valence-electron chi connectivity index (χ1n) is 12.4. The molecule has 0 bridgehead atoms. The summed E-state index contributed by atoms with van der Waals surface area (Å²) in [4.78, 5) is 38.0. The lowest BCUT2D eigenvalue weighted by molar-refractivity contribution is -0.148. The van der Waals surface area contributed by atoms with Gasteiger partial charge in [0, 0.05) is 13.0 Å². The van der Waals surface area contributed by atoms with Crippen molar-refractivity contribution in [3.05, 3.63) is 72.3 Å². The Bertz CT molecular complexity index is 1220. The average Bonchev–Trinajstić information content (AvgIpc) is 2.87. The van der Waals surface area contributed by atoms with Crippen molar-refractivity contribution >= 4 is 28.7 Å². The van der Waals surface area contributed by atoms with Gasteiger partial charge in [0.25, 0.3) is 0 Å². The number of urea groups is 1. The molecule has 0 aliphatic rings. The molecule has 0 saturated carbocycles. The molecule has 0 heterocycles. The summed E-state index contributed by atoms with van der Waals surface area (Å²) in [5, 5.41) is 23.8. The number of amides is 2. The second-order valence-electron chi connectivity index (χ2n) is 9.37. The molecule has 8 nitrogen and oxygen atoms in total. The van der Waals surface area contributed by atoms with Gasteiger partial charge in [-0.25, -0.2) is 14.4 Å². The number of nitrogens with zero attached hydrogens (tertiary/aromatic N) is 1. The molecule has 0 saturated heterocycles. The summed E-state index contributed by atoms with van der Waals surface area (Å²) < 4.78 is 5.18. The first-order valence-corrected chi connectivity index (χ1v) is 12.4. The number of esters is 1. The van der Waals surface area contributed by atoms with E-state index in [0.717, 1.165) is 22.1 Å². The molecular formula is C29H34N2O6. The van der Waals surface area contributed by atoms with E-state index in [1.807, 2.05) is 50.2 Å². The number of fused-ring (bicyclic) bond motifs is 1. The van der Waals surface area contributed by atoms with E-state index < -0.39 is 36.7 Å². The molecule has 8 heteroatoms. The van der Waals surface area contributed by atoms with Crippen LogP contribution in [0, 0.1) is 5.92 Å². The van der Waals surface area contributed by atoms with Crippen molar-refractivity contribution in [2.75, 3.05) is 19.7 Å². The Labute approximate surface area is 216 Å². The number of hydrogen-bond acceptors (Lipinski definition) is 5. The molecule has 0 aliphatic heterocycles. The van der Waals surface area contributed by atoms with Gasteiger partial charge in [0.05, 0.1) is 13.2 Å². The number of ether oxygens (including phenoxy) is 1. The molecule has 37 heavy (non-hydrogen) atoms. The lowest BCUT2D eigenvalue weighted by Gasteiger charge is -2.28. The highest BCUT2D eigenvalue weighted by atomic mass is 16.5. The van der Waals surface area contributed by atoms with Gasteiger partial charge in [-0.2, -0.15) is 0 Å². The number of carbonyl (C=O) groups excluding carboxylic acids is 2. The van der Waals surface area contributed by atoms with E-state index in [2.05, 4.69) is 35.6 Å². The van der Waals surface area contributed by atoms with Crippen LogP contribution in [0.5, 0.6) is 0 Å². The Morgan fingerprint density at radius 1 is 0.919 bits per heavy atom. The maximum Gasteiger partial charge on any atom is 0.334 e. The number of benzene rings is 3. The number of aliphatic carboxylic acids is 1. The average molecular weight is 507 g/mol. The predicted molar refractivity (Wildman–Crippen MR) is 142 cm³/mol. The Kier molecular flexibility index (Phi) is 9.63. The molecule has 2 atom stereocenters. The van der Waals surface area contributed by atoms with Crippen LogP contribution in [-0.2, 0) is 20.7 Å². The third-order valence-electron chi connectivity index (χ3n) is 5.90. The van der Waals surface area contributed by atoms with Crippen LogP contribution in [0.1, 0.15) is 26.3 Å². The largest absolute Gasteiger partial charge is 0.479 e. The van der Waals surface area contributed by atoms with Gasteiger partial charge < -0.3 is 25.2 Å². The fourth-order valence-electron chi connectivity index (χ4n) is 4.08. The third-order valence-corrected chi connectivity index (χ3v) is 5.90. The molecule has 3 rings (SSSR count). The minimum absolute atomic E-state index is 0.0236. The summed E-state index contributed by atoms with van der Waals surface area (Å²) >= 11 is 0. The van der Waals surface area contributed by atoms with E-state index in [-0.39, 0.29) is 25.5 Å². The molecule has 3 N–H and O–H groups in total. The number of carboxylic acids is 1. The van der Waals surface area contributed by atoms with Crippen LogP contribution < -0.4 is 5.32 Å². The number of hydrogen-bond donors (Lipinski definition) is 3. The van der Waals surface area contributed by atoms with E-state index in [0.29, 0.717) is 0 Å². The maximum atomic E-state index is 13.0. The molecule has 2 amide bonds. The van der Waals surface area contributed by atoms with Crippen molar-refractivity contribution < 1.29 is 29.3 Å². The number of aliphatic hydroxyl groups excluding tert-OH is 1. The van der Waals surface area contributed by atoms with Crippen LogP contribution in [0.15, 0.2) is 66.7 Å². The Balaban J connectivity index is 1.76. The van der Waals surface area contributed by atoms with Crippen molar-refractivity contribution in [1.29, 1.82) is 0 Å². The molecule has 1 unspecified atom stereocenters. The van der Waals surface area contributed by atoms with Crippen molar-refractivity contribution in [1.82, 2.24) is 10.2 Å². The standard InChI is InChI=1S/C29H34N2O6/c1-4-37-28(35)25(30-29(36)31(17-19(2)3)18-26(32)27(33)34)15-20-9-11-22(12-10-20)24-14-13-21-7-5-6-8-23(21)16-24/h5-14,16,19,25-26,32H,4,15,17-18H2,1-3H3,(H,30,36)(H,33,34)/t25-,26?/m0/s1. The van der Waals surface area contributed by atoms with Crippen molar-refractivity contribution in [3.8, 4) is 11.1 Å². The van der Waals surface area contributed by atoms with Gasteiger partial charge >= 0.3 is 18.0 Å². The predicted octanol–water partition coefficient (Wildman–Crippen LogP) is 4.09. The smallest absolute Gasteiger partial charge is 0.334 e. The quantitative estimate of drug-likeness (QED) is 0.337. The van der Waals surface area contributed by atoms with Gasteiger partial charge in [0.15, 0.2) is 6.10 Å². The van der Waals surface area contributed by atoms with Gasteiger partial charge in [-0.1, -0.05) is 74.5 Å². The summed E-state index contributed by atoms with van der Waals surface area (Å²) in [7, 11) is 0. The van der Waals surface area contributed by atoms with E-state index >= 15 is 0 Å². The zero-order chi connectivity index (χ0) is 26.9. The van der Waals surface area contributed by atoms with E-state index in [4.69, 9.17) is 9.84 Å². The highest BCUT2D eigenvalue weighted by molar-refractivity contribution is 5.87. The number of nitrogens with one attached hydrogen (secondary N) is 1. The van der Waals surface area contributed by atoms with Gasteiger partial charge in [0.1, 0.15) is 6.04 Å². The van der Waals surface area contributed by atoms with Crippen LogP contribution >= 0.6 is 0 Å². The Morgan fingerprint density at radius 2 is 1.57 bits per heavy atom. The van der Waals surface area contributed by atoms with Crippen LogP contribution in [0.3, 0.4) is 0 Å². The summed E-state index contributed by atoms with van der Waals surface area (Å²) in [6, 6.07) is 20.5. The van der Waals surface area contributed by atoms with Crippen LogP contribution in [-0.4, -0.2) is 64.9 Å². The molecule has 0 fully saturated rings. The fraction of sp³-hybridized carbons (Fsp3) is 0.345. The van der Waals surface area contributed by atoms with Gasteiger partial charge in [0.2, 0.25) is 0 Å². The Hall–Kier alpha value is -3.91. The normalized spacial score (nSPS) is 12.7. The summed E-state index contributed by atoms with van der Waals surface area (Å²) in [5.74, 6) is -1.98. The minimum Gasteiger partial charge on any atom is -0.479 e. The third kappa shape index (κ3) is 7.79. The number of carbonyl (C=O) groups is 3. The second-order valence-corrected chi connectivity index (χ2v) is 9.37. The first kappa shape index (κ1) is 27.7. The Morgan fingerprint density at radius 3 is 2.19 bits per heavy atom. The fourth-order valence-corrected chi connectivity index (χ4v) is 4.08. The van der Waals surface area contributed by atoms with Gasteiger partial charge in [-0.15, -0.1) is 0 Å². The topological polar surface area (TPSA) is 116 Å². The highest BCUT2D eigenvalue weighted by Crippen LogP contribution is 2.25. The summed E-state index contributed by atoms with van der Waals surface area (Å²) in [6.45, 7) is 5.39. The maximum absolute atomic E-state index is 13.0.